The molecule has 0 aromatic rings. The molecular formula is C44H80NO7P. The third kappa shape index (κ3) is 41.1. The summed E-state index contributed by atoms with van der Waals surface area (Å²) in [5.74, 6) is -0.430. The zero-order valence-electron chi connectivity index (χ0n) is 34.0. The Morgan fingerprint density at radius 3 is 1.51 bits per heavy atom. The third-order valence-electron chi connectivity index (χ3n) is 8.77. The Labute approximate surface area is 325 Å². The summed E-state index contributed by atoms with van der Waals surface area (Å²) in [7, 11) is -4.31. The van der Waals surface area contributed by atoms with Gasteiger partial charge in [0, 0.05) is 13.0 Å². The molecule has 0 aliphatic carbocycles. The van der Waals surface area contributed by atoms with Crippen LogP contribution in [0.5, 0.6) is 0 Å². The van der Waals surface area contributed by atoms with Gasteiger partial charge in [-0.1, -0.05) is 172 Å². The first-order valence-corrected chi connectivity index (χ1v) is 22.8. The van der Waals surface area contributed by atoms with E-state index in [0.717, 1.165) is 32.1 Å². The molecule has 0 rings (SSSR count). The zero-order chi connectivity index (χ0) is 38.8. The lowest BCUT2D eigenvalue weighted by Gasteiger charge is -2.19. The first-order valence-electron chi connectivity index (χ1n) is 21.3. The fraction of sp³-hybridized carbons (Fsp3) is 0.750. The second kappa shape index (κ2) is 41.2. The maximum Gasteiger partial charge on any atom is 0.472 e. The highest BCUT2D eigenvalue weighted by molar-refractivity contribution is 7.47. The van der Waals surface area contributed by atoms with E-state index >= 15 is 0 Å². The van der Waals surface area contributed by atoms with Crippen LogP contribution in [0.1, 0.15) is 181 Å². The van der Waals surface area contributed by atoms with Gasteiger partial charge < -0.3 is 20.1 Å². The molecule has 0 radical (unpaired) electrons. The number of hydrogen-bond acceptors (Lipinski definition) is 7. The van der Waals surface area contributed by atoms with Crippen LogP contribution in [0.4, 0.5) is 0 Å². The van der Waals surface area contributed by atoms with Crippen molar-refractivity contribution in [2.24, 2.45) is 5.73 Å². The first kappa shape index (κ1) is 51.0. The highest BCUT2D eigenvalue weighted by Gasteiger charge is 2.25. The quantitative estimate of drug-likeness (QED) is 0.0208. The number of unbranched alkanes of at least 4 members (excludes halogenated alkanes) is 19. The second-order valence-corrected chi connectivity index (χ2v) is 15.4. The number of nitrogens with two attached hydrogens (primary N) is 1. The summed E-state index contributed by atoms with van der Waals surface area (Å²) in [6.07, 6.45) is 50.6. The van der Waals surface area contributed by atoms with Crippen LogP contribution in [0.3, 0.4) is 0 Å². The molecule has 2 unspecified atom stereocenters. The van der Waals surface area contributed by atoms with Crippen molar-refractivity contribution in [1.29, 1.82) is 0 Å². The number of hydrogen-bond donors (Lipinski definition) is 2. The summed E-state index contributed by atoms with van der Waals surface area (Å²) < 4.78 is 33.1. The van der Waals surface area contributed by atoms with Gasteiger partial charge in [0.05, 0.1) is 19.5 Å². The van der Waals surface area contributed by atoms with Gasteiger partial charge in [-0.15, -0.1) is 0 Å². The predicted octanol–water partition coefficient (Wildman–Crippen LogP) is 12.9. The van der Waals surface area contributed by atoms with Gasteiger partial charge in [0.2, 0.25) is 0 Å². The van der Waals surface area contributed by atoms with E-state index in [-0.39, 0.29) is 32.8 Å². The molecule has 0 amide bonds. The van der Waals surface area contributed by atoms with E-state index in [1.807, 2.05) is 18.2 Å². The Morgan fingerprint density at radius 2 is 1.02 bits per heavy atom. The summed E-state index contributed by atoms with van der Waals surface area (Å²) in [5.41, 5.74) is 5.35. The number of ether oxygens (including phenoxy) is 2. The van der Waals surface area contributed by atoms with Gasteiger partial charge >= 0.3 is 13.8 Å². The first-order chi connectivity index (χ1) is 25.9. The van der Waals surface area contributed by atoms with Crippen LogP contribution >= 0.6 is 7.82 Å². The second-order valence-electron chi connectivity index (χ2n) is 13.9. The minimum absolute atomic E-state index is 0.00228. The van der Waals surface area contributed by atoms with E-state index in [1.165, 1.54) is 122 Å². The van der Waals surface area contributed by atoms with Crippen LogP contribution < -0.4 is 5.73 Å². The van der Waals surface area contributed by atoms with E-state index in [1.54, 1.807) is 6.26 Å². The Bertz CT molecular complexity index is 994. The van der Waals surface area contributed by atoms with Gasteiger partial charge in [-0.3, -0.25) is 13.8 Å². The third-order valence-corrected chi connectivity index (χ3v) is 9.75. The number of esters is 1. The largest absolute Gasteiger partial charge is 0.498 e. The van der Waals surface area contributed by atoms with Gasteiger partial charge in [-0.05, 0) is 57.4 Å². The topological polar surface area (TPSA) is 117 Å². The standard InChI is InChI=1S/C44H80NO7P/c1-3-5-7-9-11-13-15-17-19-20-21-22-23-25-27-29-31-33-35-37-44(46)52-43(42-51-53(47,48)50-40-38-45)41-49-39-36-34-32-30-28-26-24-18-16-14-12-10-8-6-4-2/h17,19,21-22,25,27,31,33,36,39,43H,3-16,18,20,23-24,26,28-30,32,34-35,37-38,40-42,45H2,1-2H3,(H,47,48)/b19-17-,22-21-,27-25-,33-31-,39-36+. The van der Waals surface area contributed by atoms with Gasteiger partial charge in [-0.25, -0.2) is 4.57 Å². The molecule has 0 fully saturated rings. The van der Waals surface area contributed by atoms with Gasteiger partial charge in [-0.2, -0.15) is 0 Å². The van der Waals surface area contributed by atoms with E-state index in [9.17, 15) is 14.3 Å². The summed E-state index contributed by atoms with van der Waals surface area (Å²) in [4.78, 5) is 22.4. The Kier molecular flexibility index (Phi) is 39.7. The molecule has 0 aromatic carbocycles. The van der Waals surface area contributed by atoms with Crippen molar-refractivity contribution < 1.29 is 32.8 Å². The van der Waals surface area contributed by atoms with Crippen molar-refractivity contribution in [3.8, 4) is 0 Å². The van der Waals surface area contributed by atoms with E-state index in [2.05, 4.69) is 50.3 Å². The number of carbonyl (C=O) groups excluding carboxylic acids is 1. The van der Waals surface area contributed by atoms with Crippen molar-refractivity contribution in [1.82, 2.24) is 0 Å². The fourth-order valence-electron chi connectivity index (χ4n) is 5.62. The number of carbonyl (C=O) groups is 1. The predicted molar refractivity (Wildman–Crippen MR) is 224 cm³/mol. The van der Waals surface area contributed by atoms with E-state index in [0.29, 0.717) is 6.42 Å². The maximum atomic E-state index is 12.5. The van der Waals surface area contributed by atoms with Crippen molar-refractivity contribution in [2.75, 3.05) is 26.4 Å². The van der Waals surface area contributed by atoms with Crippen LogP contribution in [-0.4, -0.2) is 43.3 Å². The lowest BCUT2D eigenvalue weighted by Crippen LogP contribution is -2.27. The lowest BCUT2D eigenvalue weighted by atomic mass is 10.0. The SMILES string of the molecule is CCCCCCCC/C=C\C/C=C\C/C=C\C/C=C\CCC(=O)OC(CO/C=C/CCCCCCCCCCCCCCC)COP(=O)(O)OCCN. The number of phosphoric ester groups is 1. The molecule has 53 heavy (non-hydrogen) atoms. The average molecular weight is 766 g/mol. The molecule has 0 saturated carbocycles. The number of rotatable bonds is 40. The van der Waals surface area contributed by atoms with Crippen molar-refractivity contribution in [3.05, 3.63) is 60.9 Å². The molecule has 0 saturated heterocycles. The van der Waals surface area contributed by atoms with E-state index in [4.69, 9.17) is 24.3 Å². The Balaban J connectivity index is 4.22. The maximum absolute atomic E-state index is 12.5. The van der Waals surface area contributed by atoms with Crippen LogP contribution in [0.15, 0.2) is 60.9 Å². The van der Waals surface area contributed by atoms with Crippen LogP contribution in [0.2, 0.25) is 0 Å². The molecule has 2 atom stereocenters. The fourth-order valence-corrected chi connectivity index (χ4v) is 6.38. The highest BCUT2D eigenvalue weighted by Crippen LogP contribution is 2.43. The average Bonchev–Trinajstić information content (AvgIpc) is 3.15. The molecule has 8 nitrogen and oxygen atoms in total. The molecule has 0 aromatic heterocycles. The monoisotopic (exact) mass is 766 g/mol. The molecule has 308 valence electrons. The number of allylic oxidation sites excluding steroid dienone is 9. The molecule has 3 N–H and O–H groups in total. The molecular weight excluding hydrogens is 685 g/mol. The summed E-state index contributed by atoms with van der Waals surface area (Å²) >= 11 is 0. The normalized spacial score (nSPS) is 14.0. The zero-order valence-corrected chi connectivity index (χ0v) is 34.9. The van der Waals surface area contributed by atoms with Crippen LogP contribution in [0.25, 0.3) is 0 Å². The Morgan fingerprint density at radius 1 is 0.585 bits per heavy atom. The van der Waals surface area contributed by atoms with Crippen molar-refractivity contribution in [3.63, 3.8) is 0 Å². The molecule has 0 aliphatic rings. The molecule has 0 heterocycles. The van der Waals surface area contributed by atoms with Crippen LogP contribution in [0, 0.1) is 0 Å². The van der Waals surface area contributed by atoms with Gasteiger partial charge in [0.25, 0.3) is 0 Å². The van der Waals surface area contributed by atoms with Gasteiger partial charge in [0.15, 0.2) is 6.10 Å². The van der Waals surface area contributed by atoms with E-state index < -0.39 is 19.9 Å². The molecule has 0 spiro atoms. The molecule has 9 heteroatoms. The van der Waals surface area contributed by atoms with Crippen LogP contribution in [-0.2, 0) is 27.9 Å². The molecule has 0 bridgehead atoms. The minimum Gasteiger partial charge on any atom is -0.498 e. The smallest absolute Gasteiger partial charge is 0.472 e. The molecule has 0 aliphatic heterocycles. The summed E-state index contributed by atoms with van der Waals surface area (Å²) in [6.45, 7) is 4.15. The highest BCUT2D eigenvalue weighted by atomic mass is 31.2. The lowest BCUT2D eigenvalue weighted by molar-refractivity contribution is -0.153. The van der Waals surface area contributed by atoms with Crippen molar-refractivity contribution in [2.45, 2.75) is 187 Å². The van der Waals surface area contributed by atoms with Gasteiger partial charge in [0.1, 0.15) is 6.61 Å². The summed E-state index contributed by atoms with van der Waals surface area (Å²) in [5, 5.41) is 0. The summed E-state index contributed by atoms with van der Waals surface area (Å²) in [6, 6.07) is 0. The minimum atomic E-state index is -4.31. The Hall–Kier alpha value is -1.96. The number of phosphoric acid groups is 1. The van der Waals surface area contributed by atoms with Crippen molar-refractivity contribution >= 4 is 13.8 Å².